The molecule has 1 atom stereocenters. The molecule has 0 heterocycles. The molecule has 0 radical (unpaired) electrons. The summed E-state index contributed by atoms with van der Waals surface area (Å²) in [6, 6.07) is 6.74. The highest BCUT2D eigenvalue weighted by molar-refractivity contribution is 7.89. The molecule has 120 valence electrons. The van der Waals surface area contributed by atoms with Gasteiger partial charge >= 0.3 is 0 Å². The van der Waals surface area contributed by atoms with Crippen LogP contribution in [0.25, 0.3) is 0 Å². The van der Waals surface area contributed by atoms with Gasteiger partial charge in [0, 0.05) is 12.4 Å². The Hall–Kier alpha value is -0.620. The number of alkyl halides is 1. The third-order valence-electron chi connectivity index (χ3n) is 3.30. The molecule has 1 aromatic rings. The topological polar surface area (TPSA) is 66.4 Å². The number of hydrogen-bond donors (Lipinski definition) is 2. The predicted octanol–water partition coefficient (Wildman–Crippen LogP) is 2.54. The van der Waals surface area contributed by atoms with E-state index in [1.54, 1.807) is 24.3 Å². The fourth-order valence-electron chi connectivity index (χ4n) is 1.68. The average molecular weight is 334 g/mol. The maximum absolute atomic E-state index is 12.1. The van der Waals surface area contributed by atoms with E-state index in [1.807, 2.05) is 20.8 Å². The van der Waals surface area contributed by atoms with Gasteiger partial charge in [0.25, 0.3) is 0 Å². The summed E-state index contributed by atoms with van der Waals surface area (Å²) in [5.41, 5.74) is 0.692. The van der Waals surface area contributed by atoms with Crippen molar-refractivity contribution in [1.82, 2.24) is 4.72 Å². The molecule has 0 aliphatic heterocycles. The maximum Gasteiger partial charge on any atom is 0.240 e. The molecule has 0 amide bonds. The second-order valence-electron chi connectivity index (χ2n) is 6.17. The van der Waals surface area contributed by atoms with Gasteiger partial charge in [-0.05, 0) is 36.0 Å². The quantitative estimate of drug-likeness (QED) is 0.753. The standard InChI is InChI=1S/C15H24ClNO3S/c1-15(2,3)14(18)11-17-21(19,20)13-8-6-12(7-9-13)5-4-10-16/h6-9,14,17-18H,4-5,10-11H2,1-3H3. The van der Waals surface area contributed by atoms with Gasteiger partial charge in [0.1, 0.15) is 0 Å². The highest BCUT2D eigenvalue weighted by atomic mass is 35.5. The van der Waals surface area contributed by atoms with E-state index in [-0.39, 0.29) is 16.9 Å². The second-order valence-corrected chi connectivity index (χ2v) is 8.32. The van der Waals surface area contributed by atoms with E-state index >= 15 is 0 Å². The molecule has 6 heteroatoms. The van der Waals surface area contributed by atoms with Crippen LogP contribution in [0.5, 0.6) is 0 Å². The van der Waals surface area contributed by atoms with E-state index < -0.39 is 16.1 Å². The van der Waals surface area contributed by atoms with Crippen molar-refractivity contribution in [1.29, 1.82) is 0 Å². The number of aliphatic hydroxyl groups excluding tert-OH is 1. The van der Waals surface area contributed by atoms with E-state index in [2.05, 4.69) is 4.72 Å². The van der Waals surface area contributed by atoms with Crippen LogP contribution in [0.3, 0.4) is 0 Å². The van der Waals surface area contributed by atoms with E-state index in [0.29, 0.717) is 5.88 Å². The Bertz CT molecular complexity index is 535. The lowest BCUT2D eigenvalue weighted by Gasteiger charge is -2.25. The van der Waals surface area contributed by atoms with Crippen molar-refractivity contribution in [2.24, 2.45) is 5.41 Å². The molecular formula is C15H24ClNO3S. The lowest BCUT2D eigenvalue weighted by atomic mass is 9.89. The first kappa shape index (κ1) is 18.4. The van der Waals surface area contributed by atoms with Crippen LogP contribution >= 0.6 is 11.6 Å². The fraction of sp³-hybridized carbons (Fsp3) is 0.600. The third-order valence-corrected chi connectivity index (χ3v) is 5.01. The molecule has 1 aromatic carbocycles. The van der Waals surface area contributed by atoms with Crippen molar-refractivity contribution in [2.45, 2.75) is 44.6 Å². The van der Waals surface area contributed by atoms with Crippen molar-refractivity contribution < 1.29 is 13.5 Å². The van der Waals surface area contributed by atoms with Crippen LogP contribution in [0.4, 0.5) is 0 Å². The number of nitrogens with one attached hydrogen (secondary N) is 1. The number of aliphatic hydroxyl groups is 1. The molecule has 0 aliphatic rings. The predicted molar refractivity (Wildman–Crippen MR) is 86.1 cm³/mol. The van der Waals surface area contributed by atoms with Crippen LogP contribution in [-0.2, 0) is 16.4 Å². The van der Waals surface area contributed by atoms with Gasteiger partial charge < -0.3 is 5.11 Å². The zero-order chi connectivity index (χ0) is 16.1. The van der Waals surface area contributed by atoms with Crippen LogP contribution in [0.15, 0.2) is 29.2 Å². The summed E-state index contributed by atoms with van der Waals surface area (Å²) in [5, 5.41) is 9.90. The van der Waals surface area contributed by atoms with Gasteiger partial charge in [-0.2, -0.15) is 0 Å². The van der Waals surface area contributed by atoms with E-state index in [4.69, 9.17) is 11.6 Å². The molecule has 2 N–H and O–H groups in total. The summed E-state index contributed by atoms with van der Waals surface area (Å²) >= 11 is 5.63. The minimum Gasteiger partial charge on any atom is -0.391 e. The lowest BCUT2D eigenvalue weighted by Crippen LogP contribution is -2.39. The smallest absolute Gasteiger partial charge is 0.240 e. The first-order valence-corrected chi connectivity index (χ1v) is 9.01. The Labute approximate surface area is 132 Å². The van der Waals surface area contributed by atoms with Crippen molar-refractivity contribution in [3.05, 3.63) is 29.8 Å². The number of benzene rings is 1. The number of hydrogen-bond acceptors (Lipinski definition) is 3. The highest BCUT2D eigenvalue weighted by Crippen LogP contribution is 2.19. The molecular weight excluding hydrogens is 310 g/mol. The van der Waals surface area contributed by atoms with Crippen molar-refractivity contribution >= 4 is 21.6 Å². The van der Waals surface area contributed by atoms with Crippen LogP contribution in [0, 0.1) is 5.41 Å². The van der Waals surface area contributed by atoms with Gasteiger partial charge in [0.05, 0.1) is 11.0 Å². The van der Waals surface area contributed by atoms with Gasteiger partial charge in [-0.3, -0.25) is 0 Å². The molecule has 0 bridgehead atoms. The van der Waals surface area contributed by atoms with Crippen molar-refractivity contribution in [3.63, 3.8) is 0 Å². The minimum absolute atomic E-state index is 0.000166. The summed E-state index contributed by atoms with van der Waals surface area (Å²) in [4.78, 5) is 0.207. The van der Waals surface area contributed by atoms with Gasteiger partial charge in [-0.15, -0.1) is 11.6 Å². The number of aryl methyl sites for hydroxylation is 1. The molecule has 0 spiro atoms. The van der Waals surface area contributed by atoms with Crippen molar-refractivity contribution in [3.8, 4) is 0 Å². The molecule has 0 aromatic heterocycles. The van der Waals surface area contributed by atoms with E-state index in [9.17, 15) is 13.5 Å². The molecule has 0 saturated heterocycles. The number of halogens is 1. The van der Waals surface area contributed by atoms with Crippen LogP contribution in [-0.4, -0.2) is 32.1 Å². The van der Waals surface area contributed by atoms with Gasteiger partial charge in [0.15, 0.2) is 0 Å². The molecule has 1 unspecified atom stereocenters. The average Bonchev–Trinajstić information content (AvgIpc) is 2.42. The van der Waals surface area contributed by atoms with E-state index in [1.165, 1.54) is 0 Å². The zero-order valence-electron chi connectivity index (χ0n) is 12.8. The molecule has 21 heavy (non-hydrogen) atoms. The first-order chi connectivity index (χ1) is 9.66. The SMILES string of the molecule is CC(C)(C)C(O)CNS(=O)(=O)c1ccc(CCCCl)cc1. The Morgan fingerprint density at radius 3 is 2.29 bits per heavy atom. The lowest BCUT2D eigenvalue weighted by molar-refractivity contribution is 0.0677. The third kappa shape index (κ3) is 5.94. The summed E-state index contributed by atoms with van der Waals surface area (Å²) in [5.74, 6) is 0.590. The molecule has 1 rings (SSSR count). The van der Waals surface area contributed by atoms with Crippen LogP contribution in [0.1, 0.15) is 32.8 Å². The second kappa shape index (κ2) is 7.58. The fourth-order valence-corrected chi connectivity index (χ4v) is 2.86. The van der Waals surface area contributed by atoms with E-state index in [0.717, 1.165) is 18.4 Å². The van der Waals surface area contributed by atoms with Gasteiger partial charge in [0.2, 0.25) is 10.0 Å². The normalized spacial score (nSPS) is 14.1. The summed E-state index contributed by atoms with van der Waals surface area (Å²) in [7, 11) is -3.59. The largest absolute Gasteiger partial charge is 0.391 e. The monoisotopic (exact) mass is 333 g/mol. The Morgan fingerprint density at radius 2 is 1.81 bits per heavy atom. The summed E-state index contributed by atoms with van der Waals surface area (Å²) in [6.07, 6.45) is 0.958. The van der Waals surface area contributed by atoms with Gasteiger partial charge in [-0.1, -0.05) is 32.9 Å². The molecule has 0 aliphatic carbocycles. The summed E-state index contributed by atoms with van der Waals surface area (Å²) < 4.78 is 26.7. The Kier molecular flexibility index (Phi) is 6.66. The van der Waals surface area contributed by atoms with Gasteiger partial charge in [-0.25, -0.2) is 13.1 Å². The van der Waals surface area contributed by atoms with Crippen molar-refractivity contribution in [2.75, 3.05) is 12.4 Å². The van der Waals surface area contributed by atoms with Crippen LogP contribution < -0.4 is 4.72 Å². The summed E-state index contributed by atoms with van der Waals surface area (Å²) in [6.45, 7) is 5.58. The Morgan fingerprint density at radius 1 is 1.24 bits per heavy atom. The van der Waals surface area contributed by atoms with Crippen LogP contribution in [0.2, 0.25) is 0 Å². The minimum atomic E-state index is -3.59. The molecule has 4 nitrogen and oxygen atoms in total. The highest BCUT2D eigenvalue weighted by Gasteiger charge is 2.24. The molecule has 0 saturated carbocycles. The Balaban J connectivity index is 2.70. The zero-order valence-corrected chi connectivity index (χ0v) is 14.3. The number of rotatable bonds is 7. The maximum atomic E-state index is 12.1. The number of sulfonamides is 1. The first-order valence-electron chi connectivity index (χ1n) is 6.99. The molecule has 0 fully saturated rings.